The van der Waals surface area contributed by atoms with Crippen molar-refractivity contribution in [2.45, 2.75) is 25.7 Å². The van der Waals surface area contributed by atoms with Crippen LogP contribution in [-0.4, -0.2) is 45.4 Å². The number of carbonyl (C=O) groups is 2. The van der Waals surface area contributed by atoms with E-state index >= 15 is 0 Å². The van der Waals surface area contributed by atoms with Gasteiger partial charge in [-0.2, -0.15) is 0 Å². The van der Waals surface area contributed by atoms with Gasteiger partial charge in [-0.1, -0.05) is 24.3 Å². The van der Waals surface area contributed by atoms with E-state index < -0.39 is 21.9 Å². The van der Waals surface area contributed by atoms with Crippen LogP contribution in [0.1, 0.15) is 28.4 Å². The van der Waals surface area contributed by atoms with E-state index in [4.69, 9.17) is 4.74 Å². The standard InChI is InChI=1S/C20H24N2O5S/c1-5-27-19(23)13-22(4)20(24)17-12-16(11-10-14(17)2)28(25,26)21-18-9-7-6-8-15(18)3/h6-12,21H,5,13H2,1-4H3. The Morgan fingerprint density at radius 1 is 1.07 bits per heavy atom. The number of esters is 1. The minimum atomic E-state index is -3.88. The lowest BCUT2D eigenvalue weighted by molar-refractivity contribution is -0.143. The number of nitrogens with one attached hydrogen (secondary N) is 1. The first-order valence-corrected chi connectivity index (χ1v) is 10.2. The summed E-state index contributed by atoms with van der Waals surface area (Å²) in [5.74, 6) is -0.987. The van der Waals surface area contributed by atoms with Crippen LogP contribution in [0, 0.1) is 13.8 Å². The lowest BCUT2D eigenvalue weighted by Gasteiger charge is -2.18. The second-order valence-electron chi connectivity index (χ2n) is 6.36. The number of nitrogens with zero attached hydrogens (tertiary/aromatic N) is 1. The molecular weight excluding hydrogens is 380 g/mol. The van der Waals surface area contributed by atoms with Crippen LogP contribution in [0.15, 0.2) is 47.4 Å². The number of anilines is 1. The molecule has 2 rings (SSSR count). The first kappa shape index (κ1) is 21.4. The van der Waals surface area contributed by atoms with Gasteiger partial charge in [0, 0.05) is 12.6 Å². The molecule has 8 heteroatoms. The molecular formula is C20H24N2O5S. The molecule has 0 fully saturated rings. The van der Waals surface area contributed by atoms with Crippen LogP contribution in [0.25, 0.3) is 0 Å². The number of sulfonamides is 1. The fourth-order valence-corrected chi connectivity index (χ4v) is 3.72. The van der Waals surface area contributed by atoms with Gasteiger partial charge in [0.25, 0.3) is 15.9 Å². The highest BCUT2D eigenvalue weighted by atomic mass is 32.2. The average molecular weight is 404 g/mol. The molecule has 0 aromatic heterocycles. The number of carbonyl (C=O) groups excluding carboxylic acids is 2. The van der Waals surface area contributed by atoms with E-state index in [1.54, 1.807) is 45.0 Å². The number of para-hydroxylation sites is 1. The summed E-state index contributed by atoms with van der Waals surface area (Å²) in [4.78, 5) is 25.5. The van der Waals surface area contributed by atoms with E-state index in [-0.39, 0.29) is 23.6 Å². The minimum absolute atomic E-state index is 0.0331. The van der Waals surface area contributed by atoms with Gasteiger partial charge in [-0.25, -0.2) is 8.42 Å². The fourth-order valence-electron chi connectivity index (χ4n) is 2.57. The molecule has 0 aliphatic rings. The molecule has 150 valence electrons. The number of ether oxygens (including phenoxy) is 1. The summed E-state index contributed by atoms with van der Waals surface area (Å²) in [5, 5.41) is 0. The van der Waals surface area contributed by atoms with Gasteiger partial charge in [0.05, 0.1) is 17.2 Å². The van der Waals surface area contributed by atoms with E-state index in [9.17, 15) is 18.0 Å². The number of amides is 1. The number of rotatable bonds is 7. The van der Waals surface area contributed by atoms with Crippen molar-refractivity contribution in [3.05, 3.63) is 59.2 Å². The molecule has 0 saturated heterocycles. The monoisotopic (exact) mass is 404 g/mol. The maximum absolute atomic E-state index is 12.8. The zero-order valence-electron chi connectivity index (χ0n) is 16.4. The van der Waals surface area contributed by atoms with Crippen LogP contribution in [0.3, 0.4) is 0 Å². The zero-order valence-corrected chi connectivity index (χ0v) is 17.2. The Bertz CT molecular complexity index is 986. The molecule has 7 nitrogen and oxygen atoms in total. The Labute approximate surface area is 165 Å². The lowest BCUT2D eigenvalue weighted by atomic mass is 10.1. The van der Waals surface area contributed by atoms with E-state index in [1.165, 1.54) is 24.1 Å². The van der Waals surface area contributed by atoms with Crippen LogP contribution in [0.4, 0.5) is 5.69 Å². The Kier molecular flexibility index (Phi) is 6.80. The predicted molar refractivity (Wildman–Crippen MR) is 107 cm³/mol. The van der Waals surface area contributed by atoms with Crippen LogP contribution in [-0.2, 0) is 19.6 Å². The molecule has 0 heterocycles. The van der Waals surface area contributed by atoms with Crippen molar-refractivity contribution in [2.24, 2.45) is 0 Å². The summed E-state index contributed by atoms with van der Waals surface area (Å²) in [7, 11) is -2.41. The SMILES string of the molecule is CCOC(=O)CN(C)C(=O)c1cc(S(=O)(=O)Nc2ccccc2C)ccc1C. The molecule has 0 bridgehead atoms. The zero-order chi connectivity index (χ0) is 20.9. The van der Waals surface area contributed by atoms with Gasteiger partial charge in [-0.15, -0.1) is 0 Å². The van der Waals surface area contributed by atoms with Crippen molar-refractivity contribution in [1.82, 2.24) is 4.90 Å². The van der Waals surface area contributed by atoms with Crippen molar-refractivity contribution in [1.29, 1.82) is 0 Å². The molecule has 2 aromatic carbocycles. The van der Waals surface area contributed by atoms with Gasteiger partial charge >= 0.3 is 5.97 Å². The van der Waals surface area contributed by atoms with Gasteiger partial charge in [0.15, 0.2) is 0 Å². The van der Waals surface area contributed by atoms with E-state index in [0.717, 1.165) is 5.56 Å². The van der Waals surface area contributed by atoms with Crippen molar-refractivity contribution < 1.29 is 22.7 Å². The van der Waals surface area contributed by atoms with Crippen molar-refractivity contribution in [3.63, 3.8) is 0 Å². The maximum atomic E-state index is 12.8. The minimum Gasteiger partial charge on any atom is -0.465 e. The number of aryl methyl sites for hydroxylation is 2. The van der Waals surface area contributed by atoms with E-state index in [0.29, 0.717) is 11.3 Å². The summed E-state index contributed by atoms with van der Waals surface area (Å²) in [6.45, 7) is 5.19. The highest BCUT2D eigenvalue weighted by molar-refractivity contribution is 7.92. The van der Waals surface area contributed by atoms with Crippen LogP contribution < -0.4 is 4.72 Å². The van der Waals surface area contributed by atoms with Gasteiger partial charge in [0.2, 0.25) is 0 Å². The van der Waals surface area contributed by atoms with Crippen LogP contribution in [0.2, 0.25) is 0 Å². The van der Waals surface area contributed by atoms with Crippen molar-refractivity contribution in [3.8, 4) is 0 Å². The topological polar surface area (TPSA) is 92.8 Å². The summed E-state index contributed by atoms with van der Waals surface area (Å²) < 4.78 is 32.9. The van der Waals surface area contributed by atoms with E-state index in [2.05, 4.69) is 4.72 Å². The summed E-state index contributed by atoms with van der Waals surface area (Å²) >= 11 is 0. The molecule has 0 saturated carbocycles. The highest BCUT2D eigenvalue weighted by Crippen LogP contribution is 2.22. The fraction of sp³-hybridized carbons (Fsp3) is 0.300. The molecule has 0 aliphatic heterocycles. The first-order valence-electron chi connectivity index (χ1n) is 8.76. The van der Waals surface area contributed by atoms with Gasteiger partial charge in [-0.05, 0) is 50.1 Å². The van der Waals surface area contributed by atoms with Crippen LogP contribution in [0.5, 0.6) is 0 Å². The molecule has 0 radical (unpaired) electrons. The molecule has 1 amide bonds. The first-order chi connectivity index (χ1) is 13.2. The second kappa shape index (κ2) is 8.88. The number of benzene rings is 2. The maximum Gasteiger partial charge on any atom is 0.325 e. The third-order valence-electron chi connectivity index (χ3n) is 4.16. The lowest BCUT2D eigenvalue weighted by Crippen LogP contribution is -2.33. The quantitative estimate of drug-likeness (QED) is 0.717. The largest absolute Gasteiger partial charge is 0.465 e. The van der Waals surface area contributed by atoms with Crippen molar-refractivity contribution >= 4 is 27.6 Å². The molecule has 0 atom stereocenters. The molecule has 0 spiro atoms. The Morgan fingerprint density at radius 2 is 1.75 bits per heavy atom. The molecule has 28 heavy (non-hydrogen) atoms. The summed E-state index contributed by atoms with van der Waals surface area (Å²) in [6.07, 6.45) is 0. The molecule has 2 aromatic rings. The van der Waals surface area contributed by atoms with Gasteiger partial charge < -0.3 is 9.64 Å². The highest BCUT2D eigenvalue weighted by Gasteiger charge is 2.22. The molecule has 0 unspecified atom stereocenters. The summed E-state index contributed by atoms with van der Waals surface area (Å²) in [6, 6.07) is 11.3. The predicted octanol–water partition coefficient (Wildman–Crippen LogP) is 2.74. The smallest absolute Gasteiger partial charge is 0.325 e. The van der Waals surface area contributed by atoms with E-state index in [1.807, 2.05) is 6.07 Å². The summed E-state index contributed by atoms with van der Waals surface area (Å²) in [5.41, 5.74) is 2.06. The van der Waals surface area contributed by atoms with Crippen LogP contribution >= 0.6 is 0 Å². The Balaban J connectivity index is 2.30. The molecule has 0 aliphatic carbocycles. The normalized spacial score (nSPS) is 11.0. The second-order valence-corrected chi connectivity index (χ2v) is 8.05. The Morgan fingerprint density at radius 3 is 2.39 bits per heavy atom. The average Bonchev–Trinajstić information content (AvgIpc) is 2.63. The number of hydrogen-bond donors (Lipinski definition) is 1. The third kappa shape index (κ3) is 5.10. The number of likely N-dealkylation sites (N-methyl/N-ethyl adjacent to an activating group) is 1. The van der Waals surface area contributed by atoms with Crippen molar-refractivity contribution in [2.75, 3.05) is 24.9 Å². The Hall–Kier alpha value is -2.87. The van der Waals surface area contributed by atoms with Gasteiger partial charge in [0.1, 0.15) is 6.54 Å². The molecule has 1 N–H and O–H groups in total. The third-order valence-corrected chi connectivity index (χ3v) is 5.52. The van der Waals surface area contributed by atoms with Gasteiger partial charge in [-0.3, -0.25) is 14.3 Å². The number of hydrogen-bond acceptors (Lipinski definition) is 5.